The van der Waals surface area contributed by atoms with Gasteiger partial charge in [0, 0.05) is 35.3 Å². The molecule has 1 unspecified atom stereocenters. The smallest absolute Gasteiger partial charge is 0.406 e. The lowest BCUT2D eigenvalue weighted by molar-refractivity contribution is -0.274. The minimum Gasteiger partial charge on any atom is -0.406 e. The molecule has 3 N–H and O–H groups in total. The highest BCUT2D eigenvalue weighted by Gasteiger charge is 2.31. The van der Waals surface area contributed by atoms with Gasteiger partial charge in [-0.3, -0.25) is 9.59 Å². The number of carbonyl (C=O) groups is 2. The Kier molecular flexibility index (Phi) is 6.36. The fraction of sp³-hybridized carbons (Fsp3) is 0.130. The van der Waals surface area contributed by atoms with E-state index in [1.165, 1.54) is 23.5 Å². The summed E-state index contributed by atoms with van der Waals surface area (Å²) in [6, 6.07) is 14.9. The van der Waals surface area contributed by atoms with Gasteiger partial charge < -0.3 is 20.4 Å². The van der Waals surface area contributed by atoms with Gasteiger partial charge in [0.1, 0.15) is 11.8 Å². The Balaban J connectivity index is 1.56. The van der Waals surface area contributed by atoms with Gasteiger partial charge in [0.05, 0.1) is 4.88 Å². The van der Waals surface area contributed by atoms with E-state index in [1.54, 1.807) is 23.7 Å². The van der Waals surface area contributed by atoms with Crippen LogP contribution < -0.4 is 15.4 Å². The average molecular weight is 473 g/mol. The first-order valence-corrected chi connectivity index (χ1v) is 10.7. The normalized spacial score (nSPS) is 12.3. The van der Waals surface area contributed by atoms with Crippen molar-refractivity contribution in [3.63, 3.8) is 0 Å². The third-order valence-electron chi connectivity index (χ3n) is 4.80. The van der Waals surface area contributed by atoms with Crippen LogP contribution in [-0.2, 0) is 11.2 Å². The number of halogens is 3. The Labute approximate surface area is 190 Å². The summed E-state index contributed by atoms with van der Waals surface area (Å²) in [5.41, 5.74) is 1.80. The molecule has 0 aliphatic heterocycles. The average Bonchev–Trinajstić information content (AvgIpc) is 3.43. The van der Waals surface area contributed by atoms with Crippen molar-refractivity contribution >= 4 is 39.7 Å². The summed E-state index contributed by atoms with van der Waals surface area (Å²) < 4.78 is 41.5. The fourth-order valence-electron chi connectivity index (χ4n) is 3.37. The van der Waals surface area contributed by atoms with Crippen molar-refractivity contribution in [2.24, 2.45) is 0 Å². The lowest BCUT2D eigenvalue weighted by atomic mass is 10.0. The molecule has 0 fully saturated rings. The fourth-order valence-corrected chi connectivity index (χ4v) is 3.99. The standard InChI is InChI=1S/C23H18F3N3O3S/c24-23(25,26)32-16-6-3-5-15(12-16)28-21(30)19(29-22(31)20-9-4-10-33-20)11-14-13-27-18-8-2-1-7-17(14)18/h1-10,12-13,19,27H,11H2,(H,28,30)(H,29,31). The van der Waals surface area contributed by atoms with Gasteiger partial charge in [-0.1, -0.05) is 30.3 Å². The van der Waals surface area contributed by atoms with Gasteiger partial charge in [-0.25, -0.2) is 0 Å². The van der Waals surface area contributed by atoms with E-state index in [9.17, 15) is 22.8 Å². The van der Waals surface area contributed by atoms with Gasteiger partial charge in [-0.05, 0) is 35.2 Å². The highest BCUT2D eigenvalue weighted by atomic mass is 32.1. The monoisotopic (exact) mass is 473 g/mol. The van der Waals surface area contributed by atoms with Gasteiger partial charge in [-0.15, -0.1) is 24.5 Å². The summed E-state index contributed by atoms with van der Waals surface area (Å²) in [7, 11) is 0. The Morgan fingerprint density at radius 3 is 2.64 bits per heavy atom. The van der Waals surface area contributed by atoms with Crippen LogP contribution in [0.2, 0.25) is 0 Å². The van der Waals surface area contributed by atoms with Crippen molar-refractivity contribution in [1.82, 2.24) is 10.3 Å². The molecule has 2 heterocycles. The zero-order valence-corrected chi connectivity index (χ0v) is 17.8. The number of thiophene rings is 1. The molecule has 0 bridgehead atoms. The SMILES string of the molecule is O=C(NC(Cc1c[nH]c2ccccc12)C(=O)Nc1cccc(OC(F)(F)F)c1)c1cccs1. The van der Waals surface area contributed by atoms with E-state index in [1.807, 2.05) is 24.3 Å². The van der Waals surface area contributed by atoms with Crippen LogP contribution in [-0.4, -0.2) is 29.2 Å². The summed E-state index contributed by atoms with van der Waals surface area (Å²) >= 11 is 1.23. The van der Waals surface area contributed by atoms with Crippen LogP contribution in [0.5, 0.6) is 5.75 Å². The first kappa shape index (κ1) is 22.4. The molecular formula is C23H18F3N3O3S. The number of hydrogen-bond acceptors (Lipinski definition) is 4. The molecule has 33 heavy (non-hydrogen) atoms. The molecule has 2 amide bonds. The Morgan fingerprint density at radius 2 is 1.88 bits per heavy atom. The number of alkyl halides is 3. The number of amides is 2. The third kappa shape index (κ3) is 5.72. The summed E-state index contributed by atoms with van der Waals surface area (Å²) in [6.45, 7) is 0. The molecule has 2 aromatic heterocycles. The van der Waals surface area contributed by atoms with E-state index < -0.39 is 30.0 Å². The molecule has 0 spiro atoms. The molecule has 4 rings (SSSR count). The number of ether oxygens (including phenoxy) is 1. The molecule has 0 saturated carbocycles. The number of H-pyrrole nitrogens is 1. The second-order valence-corrected chi connectivity index (χ2v) is 8.08. The molecule has 0 saturated heterocycles. The molecule has 170 valence electrons. The van der Waals surface area contributed by atoms with Crippen molar-refractivity contribution in [3.8, 4) is 5.75 Å². The predicted octanol–water partition coefficient (Wildman–Crippen LogP) is 5.11. The first-order valence-electron chi connectivity index (χ1n) is 9.84. The Morgan fingerprint density at radius 1 is 1.06 bits per heavy atom. The van der Waals surface area contributed by atoms with E-state index in [0.29, 0.717) is 4.88 Å². The number of carbonyl (C=O) groups excluding carboxylic acids is 2. The number of fused-ring (bicyclic) bond motifs is 1. The van der Waals surface area contributed by atoms with Crippen LogP contribution in [0.4, 0.5) is 18.9 Å². The number of benzene rings is 2. The third-order valence-corrected chi connectivity index (χ3v) is 5.67. The van der Waals surface area contributed by atoms with Crippen molar-refractivity contribution < 1.29 is 27.5 Å². The molecule has 4 aromatic rings. The van der Waals surface area contributed by atoms with Crippen LogP contribution in [0.3, 0.4) is 0 Å². The van der Waals surface area contributed by atoms with E-state index in [2.05, 4.69) is 20.4 Å². The molecule has 0 aliphatic rings. The van der Waals surface area contributed by atoms with E-state index in [0.717, 1.165) is 28.6 Å². The largest absolute Gasteiger partial charge is 0.573 e. The molecular weight excluding hydrogens is 455 g/mol. The van der Waals surface area contributed by atoms with Crippen LogP contribution in [0.25, 0.3) is 10.9 Å². The predicted molar refractivity (Wildman–Crippen MR) is 119 cm³/mol. The Bertz CT molecular complexity index is 1270. The van der Waals surface area contributed by atoms with E-state index in [4.69, 9.17) is 0 Å². The lowest BCUT2D eigenvalue weighted by Gasteiger charge is -2.18. The molecule has 0 radical (unpaired) electrons. The lowest BCUT2D eigenvalue weighted by Crippen LogP contribution is -2.45. The minimum absolute atomic E-state index is 0.107. The number of aromatic nitrogens is 1. The van der Waals surface area contributed by atoms with Gasteiger partial charge in [0.2, 0.25) is 5.91 Å². The topological polar surface area (TPSA) is 83.2 Å². The molecule has 10 heteroatoms. The van der Waals surface area contributed by atoms with Gasteiger partial charge in [-0.2, -0.15) is 0 Å². The van der Waals surface area contributed by atoms with Crippen molar-refractivity contribution in [2.75, 3.05) is 5.32 Å². The number of para-hydroxylation sites is 1. The molecule has 2 aromatic carbocycles. The van der Waals surface area contributed by atoms with Crippen LogP contribution in [0.1, 0.15) is 15.2 Å². The quantitative estimate of drug-likeness (QED) is 0.349. The summed E-state index contributed by atoms with van der Waals surface area (Å²) in [6.07, 6.45) is -2.92. The second kappa shape index (κ2) is 9.37. The zero-order valence-electron chi connectivity index (χ0n) is 17.0. The van der Waals surface area contributed by atoms with Gasteiger partial charge in [0.15, 0.2) is 0 Å². The summed E-state index contributed by atoms with van der Waals surface area (Å²) in [5, 5.41) is 7.95. The number of nitrogens with one attached hydrogen (secondary N) is 3. The van der Waals surface area contributed by atoms with Crippen LogP contribution >= 0.6 is 11.3 Å². The highest BCUT2D eigenvalue weighted by molar-refractivity contribution is 7.12. The maximum Gasteiger partial charge on any atom is 0.573 e. The minimum atomic E-state index is -4.85. The molecule has 0 aliphatic carbocycles. The highest BCUT2D eigenvalue weighted by Crippen LogP contribution is 2.25. The summed E-state index contributed by atoms with van der Waals surface area (Å²) in [5.74, 6) is -1.45. The maximum atomic E-state index is 13.1. The summed E-state index contributed by atoms with van der Waals surface area (Å²) in [4.78, 5) is 29.3. The maximum absolute atomic E-state index is 13.1. The molecule has 1 atom stereocenters. The number of hydrogen-bond donors (Lipinski definition) is 3. The second-order valence-electron chi connectivity index (χ2n) is 7.13. The van der Waals surface area contributed by atoms with Gasteiger partial charge >= 0.3 is 6.36 Å². The van der Waals surface area contributed by atoms with Crippen molar-refractivity contribution in [1.29, 1.82) is 0 Å². The number of anilines is 1. The van der Waals surface area contributed by atoms with Crippen molar-refractivity contribution in [2.45, 2.75) is 18.8 Å². The van der Waals surface area contributed by atoms with E-state index >= 15 is 0 Å². The zero-order chi connectivity index (χ0) is 23.4. The van der Waals surface area contributed by atoms with Crippen LogP contribution in [0.15, 0.2) is 72.2 Å². The van der Waals surface area contributed by atoms with E-state index in [-0.39, 0.29) is 12.1 Å². The molecule has 6 nitrogen and oxygen atoms in total. The first-order chi connectivity index (χ1) is 15.8. The van der Waals surface area contributed by atoms with Crippen molar-refractivity contribution in [3.05, 3.63) is 82.7 Å². The van der Waals surface area contributed by atoms with Gasteiger partial charge in [0.25, 0.3) is 5.91 Å². The Hall–Kier alpha value is -3.79. The van der Waals surface area contributed by atoms with Crippen LogP contribution in [0, 0.1) is 0 Å². The number of aromatic amines is 1. The number of rotatable bonds is 7.